The second-order valence-corrected chi connectivity index (χ2v) is 7.41. The van der Waals surface area contributed by atoms with Gasteiger partial charge in [-0.3, -0.25) is 0 Å². The van der Waals surface area contributed by atoms with Crippen LogP contribution in [0.5, 0.6) is 0 Å². The molecule has 0 aromatic heterocycles. The van der Waals surface area contributed by atoms with Crippen molar-refractivity contribution < 1.29 is 19.4 Å². The van der Waals surface area contributed by atoms with Crippen molar-refractivity contribution in [2.45, 2.75) is 37.3 Å². The van der Waals surface area contributed by atoms with Crippen molar-refractivity contribution in [1.82, 2.24) is 3.80 Å². The Bertz CT molecular complexity index is 472. The standard InChI is InChI=1S/C13H13.C4H10N.2ClH.Ti/c1-2-11-7-5-6-10-13(11)12-8-3-4-9-12;1-2-3-4-5;;;/h2-8,10H,9H2,1H3;5H,2-4H2,1H3;2*1H;/q;-1;;;+1. The summed E-state index contributed by atoms with van der Waals surface area (Å²) in [7, 11) is 0. The summed E-state index contributed by atoms with van der Waals surface area (Å²) in [6.45, 7) is 5.81. The number of rotatable bonds is 7. The number of hydrogen-bond acceptors (Lipinski definition) is 1. The average Bonchev–Trinajstić information content (AvgIpc) is 2.97. The van der Waals surface area contributed by atoms with E-state index >= 15 is 0 Å². The molecule has 0 spiro atoms. The van der Waals surface area contributed by atoms with Gasteiger partial charge >= 0.3 is 126 Å². The van der Waals surface area contributed by atoms with Gasteiger partial charge < -0.3 is 0 Å². The fraction of sp³-hybridized carbons (Fsp3) is 0.412. The molecular weight excluding hydrogens is 337 g/mol. The van der Waals surface area contributed by atoms with Crippen LogP contribution in [-0.4, -0.2) is 6.54 Å². The van der Waals surface area contributed by atoms with Gasteiger partial charge in [-0.2, -0.15) is 0 Å². The van der Waals surface area contributed by atoms with Gasteiger partial charge in [-0.1, -0.05) is 0 Å². The maximum atomic E-state index is 3.69. The van der Waals surface area contributed by atoms with Crippen LogP contribution in [-0.2, 0) is 19.4 Å². The quantitative estimate of drug-likeness (QED) is 0.511. The Morgan fingerprint density at radius 3 is 2.67 bits per heavy atom. The molecule has 1 aliphatic carbocycles. The minimum atomic E-state index is -0.0992. The van der Waals surface area contributed by atoms with Gasteiger partial charge in [-0.05, 0) is 0 Å². The summed E-state index contributed by atoms with van der Waals surface area (Å²) in [5, 5.41) is 0. The van der Waals surface area contributed by atoms with Crippen LogP contribution in [0, 0.1) is 0 Å². The summed E-state index contributed by atoms with van der Waals surface area (Å²) >= 11 is -0.0992. The van der Waals surface area contributed by atoms with Gasteiger partial charge in [0.05, 0.1) is 0 Å². The summed E-state index contributed by atoms with van der Waals surface area (Å²) in [4.78, 5) is 0. The molecule has 1 aliphatic rings. The van der Waals surface area contributed by atoms with E-state index in [1.807, 2.05) is 0 Å². The Kier molecular flexibility index (Phi) is 11.5. The van der Waals surface area contributed by atoms with Crippen molar-refractivity contribution in [2.75, 3.05) is 6.54 Å². The minimum Gasteiger partial charge on any atom is -0.147 e. The molecule has 4 heteroatoms. The number of hydrogen-bond donors (Lipinski definition) is 1. The molecule has 0 amide bonds. The third-order valence-corrected chi connectivity index (χ3v) is 5.39. The van der Waals surface area contributed by atoms with Crippen LogP contribution in [0.15, 0.2) is 42.5 Å². The molecule has 1 aromatic rings. The van der Waals surface area contributed by atoms with Gasteiger partial charge in [0, 0.05) is 0 Å². The Balaban J connectivity index is 0.00000200. The zero-order chi connectivity index (χ0) is 13.5. The van der Waals surface area contributed by atoms with E-state index < -0.39 is 0 Å². The second kappa shape index (κ2) is 11.5. The van der Waals surface area contributed by atoms with Crippen molar-refractivity contribution in [3.05, 3.63) is 53.6 Å². The molecule has 1 N–H and O–H groups in total. The first kappa shape index (κ1) is 21.0. The zero-order valence-corrected chi connectivity index (χ0v) is 16.0. The fourth-order valence-electron chi connectivity index (χ4n) is 2.38. The summed E-state index contributed by atoms with van der Waals surface area (Å²) in [5.41, 5.74) is 4.46. The van der Waals surface area contributed by atoms with Crippen LogP contribution in [0.2, 0.25) is 0 Å². The summed E-state index contributed by atoms with van der Waals surface area (Å²) in [6, 6.07) is 8.93. The van der Waals surface area contributed by atoms with Crippen LogP contribution in [0.4, 0.5) is 0 Å². The van der Waals surface area contributed by atoms with Crippen LogP contribution < -0.4 is 3.80 Å². The van der Waals surface area contributed by atoms with E-state index in [1.165, 1.54) is 36.1 Å². The smallest absolute Gasteiger partial charge is 0.147 e. The minimum absolute atomic E-state index is 0. The van der Waals surface area contributed by atoms with Crippen molar-refractivity contribution >= 4 is 30.4 Å². The van der Waals surface area contributed by atoms with Crippen molar-refractivity contribution in [1.29, 1.82) is 0 Å². The first-order chi connectivity index (χ1) is 9.33. The largest absolute Gasteiger partial charge is 0.147 e. The van der Waals surface area contributed by atoms with E-state index in [9.17, 15) is 0 Å². The molecule has 0 heterocycles. The molecule has 0 radical (unpaired) electrons. The first-order valence-electron chi connectivity index (χ1n) is 7.26. The molecule has 1 aromatic carbocycles. The van der Waals surface area contributed by atoms with Gasteiger partial charge in [0.2, 0.25) is 0 Å². The van der Waals surface area contributed by atoms with E-state index in [1.54, 1.807) is 0 Å². The van der Waals surface area contributed by atoms with Gasteiger partial charge in [0.15, 0.2) is 0 Å². The molecule has 0 saturated heterocycles. The van der Waals surface area contributed by atoms with Crippen LogP contribution in [0.25, 0.3) is 5.57 Å². The zero-order valence-electron chi connectivity index (χ0n) is 12.8. The number of benzene rings is 1. The van der Waals surface area contributed by atoms with E-state index in [2.05, 4.69) is 60.1 Å². The molecule has 21 heavy (non-hydrogen) atoms. The van der Waals surface area contributed by atoms with Gasteiger partial charge in [-0.15, -0.1) is 24.8 Å². The maximum absolute atomic E-state index is 3.69. The first-order valence-corrected chi connectivity index (χ1v) is 8.94. The van der Waals surface area contributed by atoms with Crippen molar-refractivity contribution in [3.63, 3.8) is 0 Å². The van der Waals surface area contributed by atoms with E-state index in [4.69, 9.17) is 0 Å². The van der Waals surface area contributed by atoms with Crippen LogP contribution >= 0.6 is 24.8 Å². The van der Waals surface area contributed by atoms with Gasteiger partial charge in [0.25, 0.3) is 0 Å². The second-order valence-electron chi connectivity index (χ2n) is 5.06. The molecule has 1 unspecified atom stereocenters. The molecule has 116 valence electrons. The average molecular weight is 362 g/mol. The van der Waals surface area contributed by atoms with Gasteiger partial charge in [0.1, 0.15) is 0 Å². The van der Waals surface area contributed by atoms with Crippen molar-refractivity contribution in [3.8, 4) is 0 Å². The molecule has 0 aliphatic heterocycles. The fourth-order valence-corrected chi connectivity index (χ4v) is 4.00. The molecule has 0 fully saturated rings. The maximum Gasteiger partial charge on any atom is -0.147 e. The summed E-state index contributed by atoms with van der Waals surface area (Å²) in [5.74, 6) is 0. The molecule has 2 rings (SSSR count). The SMILES string of the molecule is CCCC[NH][Ti][CH](C)c1ccccc1C1=CC=CC1.Cl.Cl. The Morgan fingerprint density at radius 2 is 2.00 bits per heavy atom. The summed E-state index contributed by atoms with van der Waals surface area (Å²) in [6.07, 6.45) is 10.3. The number of nitrogens with one attached hydrogen (secondary N) is 1. The van der Waals surface area contributed by atoms with E-state index in [-0.39, 0.29) is 44.2 Å². The monoisotopic (exact) mass is 361 g/mol. The molecule has 1 atom stereocenters. The molecule has 0 saturated carbocycles. The van der Waals surface area contributed by atoms with Crippen LogP contribution in [0.1, 0.15) is 48.5 Å². The predicted molar refractivity (Wildman–Crippen MR) is 94.0 cm³/mol. The number of allylic oxidation sites excluding steroid dienone is 4. The normalized spacial score (nSPS) is 13.9. The van der Waals surface area contributed by atoms with Crippen LogP contribution in [0.3, 0.4) is 0 Å². The summed E-state index contributed by atoms with van der Waals surface area (Å²) < 4.78 is 4.38. The number of unbranched alkanes of at least 4 members (excludes halogenated alkanes) is 1. The predicted octanol–water partition coefficient (Wildman–Crippen LogP) is 5.32. The molecule has 0 bridgehead atoms. The topological polar surface area (TPSA) is 12.0 Å². The van der Waals surface area contributed by atoms with E-state index in [0.29, 0.717) is 4.22 Å². The Labute approximate surface area is 150 Å². The Hall–Kier alpha value is -0.0457. The molecule has 1 nitrogen and oxygen atoms in total. The van der Waals surface area contributed by atoms with Crippen molar-refractivity contribution in [2.24, 2.45) is 0 Å². The third-order valence-electron chi connectivity index (χ3n) is 3.52. The van der Waals surface area contributed by atoms with Gasteiger partial charge in [-0.25, -0.2) is 0 Å². The van der Waals surface area contributed by atoms with E-state index in [0.717, 1.165) is 6.42 Å². The Morgan fingerprint density at radius 1 is 1.24 bits per heavy atom. The number of halogens is 2. The molecular formula is C17H25Cl2NTi. The third kappa shape index (κ3) is 6.30.